The highest BCUT2D eigenvalue weighted by atomic mass is 32.1. The van der Waals surface area contributed by atoms with Crippen LogP contribution in [0.2, 0.25) is 0 Å². The van der Waals surface area contributed by atoms with Crippen LogP contribution in [0.4, 0.5) is 9.39 Å². The number of hydrogen-bond acceptors (Lipinski definition) is 3. The molecule has 1 aliphatic rings. The van der Waals surface area contributed by atoms with Gasteiger partial charge in [-0.15, -0.1) is 11.3 Å². The Balaban J connectivity index is 1.62. The van der Waals surface area contributed by atoms with E-state index in [4.69, 9.17) is 0 Å². The van der Waals surface area contributed by atoms with Crippen LogP contribution < -0.4 is 10.6 Å². The zero-order chi connectivity index (χ0) is 19.4. The summed E-state index contributed by atoms with van der Waals surface area (Å²) < 4.78 is 13.3. The summed E-state index contributed by atoms with van der Waals surface area (Å²) in [6.45, 7) is 4.08. The minimum absolute atomic E-state index is 0.0799. The summed E-state index contributed by atoms with van der Waals surface area (Å²) >= 11 is 1.25. The van der Waals surface area contributed by atoms with Gasteiger partial charge < -0.3 is 10.6 Å². The lowest BCUT2D eigenvalue weighted by Crippen LogP contribution is -2.37. The molecular formula is C21H25FN2O2S. The quantitative estimate of drug-likeness (QED) is 0.744. The SMILES string of the molecule is CCC1CCC(NC(=O)c2sc(NC(=O)c3cccc(F)c3)cc2C)CC1. The van der Waals surface area contributed by atoms with E-state index < -0.39 is 5.82 Å². The Bertz CT molecular complexity index is 825. The molecule has 1 aromatic carbocycles. The fraction of sp³-hybridized carbons (Fsp3) is 0.429. The maximum Gasteiger partial charge on any atom is 0.261 e. The van der Waals surface area contributed by atoms with Crippen molar-refractivity contribution in [2.45, 2.75) is 52.0 Å². The second kappa shape index (κ2) is 8.65. The third kappa shape index (κ3) is 4.95. The van der Waals surface area contributed by atoms with Gasteiger partial charge in [0.2, 0.25) is 0 Å². The van der Waals surface area contributed by atoms with Gasteiger partial charge in [0.05, 0.1) is 9.88 Å². The van der Waals surface area contributed by atoms with Crippen molar-refractivity contribution in [3.8, 4) is 0 Å². The number of amides is 2. The average Bonchev–Trinajstić information content (AvgIpc) is 3.02. The highest BCUT2D eigenvalue weighted by molar-refractivity contribution is 7.18. The van der Waals surface area contributed by atoms with E-state index in [1.54, 1.807) is 12.1 Å². The zero-order valence-electron chi connectivity index (χ0n) is 15.7. The van der Waals surface area contributed by atoms with Crippen LogP contribution in [0, 0.1) is 18.7 Å². The van der Waals surface area contributed by atoms with Crippen molar-refractivity contribution in [3.63, 3.8) is 0 Å². The minimum Gasteiger partial charge on any atom is -0.349 e. The molecule has 0 aliphatic heterocycles. The van der Waals surface area contributed by atoms with E-state index in [0.29, 0.717) is 9.88 Å². The first-order valence-corrected chi connectivity index (χ1v) is 10.3. The summed E-state index contributed by atoms with van der Waals surface area (Å²) in [6.07, 6.45) is 5.59. The third-order valence-electron chi connectivity index (χ3n) is 5.21. The normalized spacial score (nSPS) is 19.5. The van der Waals surface area contributed by atoms with Gasteiger partial charge in [0, 0.05) is 11.6 Å². The molecule has 1 saturated carbocycles. The molecule has 1 aromatic heterocycles. The summed E-state index contributed by atoms with van der Waals surface area (Å²) in [5, 5.41) is 6.47. The standard InChI is InChI=1S/C21H25FN2O2S/c1-3-14-7-9-17(10-8-14)23-21(26)19-13(2)11-18(27-19)24-20(25)15-5-4-6-16(22)12-15/h4-6,11-12,14,17H,3,7-10H2,1-2H3,(H,23,26)(H,24,25). The van der Waals surface area contributed by atoms with E-state index in [0.717, 1.165) is 24.3 Å². The lowest BCUT2D eigenvalue weighted by atomic mass is 9.84. The van der Waals surface area contributed by atoms with Crippen LogP contribution in [0.3, 0.4) is 0 Å². The summed E-state index contributed by atoms with van der Waals surface area (Å²) in [5.41, 5.74) is 1.08. The van der Waals surface area contributed by atoms with Crippen LogP contribution in [-0.2, 0) is 0 Å². The number of rotatable bonds is 5. The summed E-state index contributed by atoms with van der Waals surface area (Å²) in [6, 6.07) is 7.55. The fourth-order valence-corrected chi connectivity index (χ4v) is 4.52. The van der Waals surface area contributed by atoms with Gasteiger partial charge in [-0.25, -0.2) is 4.39 Å². The maximum atomic E-state index is 13.3. The lowest BCUT2D eigenvalue weighted by molar-refractivity contribution is 0.0924. The molecule has 0 unspecified atom stereocenters. The van der Waals surface area contributed by atoms with E-state index in [1.165, 1.54) is 48.8 Å². The molecule has 0 radical (unpaired) electrons. The van der Waals surface area contributed by atoms with Crippen molar-refractivity contribution in [3.05, 3.63) is 52.2 Å². The number of anilines is 1. The van der Waals surface area contributed by atoms with Crippen molar-refractivity contribution in [2.75, 3.05) is 5.32 Å². The van der Waals surface area contributed by atoms with Crippen molar-refractivity contribution >= 4 is 28.2 Å². The minimum atomic E-state index is -0.456. The van der Waals surface area contributed by atoms with Crippen LogP contribution >= 0.6 is 11.3 Å². The van der Waals surface area contributed by atoms with Crippen LogP contribution in [0.15, 0.2) is 30.3 Å². The van der Waals surface area contributed by atoms with Crippen LogP contribution in [-0.4, -0.2) is 17.9 Å². The van der Waals surface area contributed by atoms with E-state index in [2.05, 4.69) is 17.6 Å². The van der Waals surface area contributed by atoms with Crippen LogP contribution in [0.5, 0.6) is 0 Å². The number of nitrogens with one attached hydrogen (secondary N) is 2. The highest BCUT2D eigenvalue weighted by Crippen LogP contribution is 2.29. The number of thiophene rings is 1. The van der Waals surface area contributed by atoms with Crippen molar-refractivity contribution in [1.29, 1.82) is 0 Å². The molecular weight excluding hydrogens is 363 g/mol. The first-order chi connectivity index (χ1) is 13.0. The molecule has 0 spiro atoms. The molecule has 6 heteroatoms. The Kier molecular flexibility index (Phi) is 6.26. The summed E-state index contributed by atoms with van der Waals surface area (Å²) in [5.74, 6) is -0.140. The van der Waals surface area contributed by atoms with Crippen LogP contribution in [0.25, 0.3) is 0 Å². The smallest absolute Gasteiger partial charge is 0.261 e. The second-order valence-corrected chi connectivity index (χ2v) is 8.24. The van der Waals surface area contributed by atoms with Gasteiger partial charge in [0.15, 0.2) is 0 Å². The topological polar surface area (TPSA) is 58.2 Å². The Morgan fingerprint density at radius 3 is 2.56 bits per heavy atom. The third-order valence-corrected chi connectivity index (χ3v) is 6.36. The molecule has 1 heterocycles. The number of carbonyl (C=O) groups excluding carboxylic acids is 2. The Morgan fingerprint density at radius 2 is 1.89 bits per heavy atom. The molecule has 27 heavy (non-hydrogen) atoms. The van der Waals surface area contributed by atoms with Crippen molar-refractivity contribution in [2.24, 2.45) is 5.92 Å². The van der Waals surface area contributed by atoms with Gasteiger partial charge >= 0.3 is 0 Å². The highest BCUT2D eigenvalue weighted by Gasteiger charge is 2.23. The van der Waals surface area contributed by atoms with Gasteiger partial charge in [-0.2, -0.15) is 0 Å². The molecule has 4 nitrogen and oxygen atoms in total. The molecule has 2 aromatic rings. The van der Waals surface area contributed by atoms with Gasteiger partial charge in [0.25, 0.3) is 11.8 Å². The lowest BCUT2D eigenvalue weighted by Gasteiger charge is -2.28. The fourth-order valence-electron chi connectivity index (χ4n) is 3.55. The first-order valence-electron chi connectivity index (χ1n) is 9.44. The summed E-state index contributed by atoms with van der Waals surface area (Å²) in [7, 11) is 0. The molecule has 2 N–H and O–H groups in total. The molecule has 1 fully saturated rings. The van der Waals surface area contributed by atoms with E-state index in [1.807, 2.05) is 6.92 Å². The van der Waals surface area contributed by atoms with Gasteiger partial charge in [-0.1, -0.05) is 19.4 Å². The first kappa shape index (κ1) is 19.5. The molecule has 0 saturated heterocycles. The molecule has 2 amide bonds. The molecule has 144 valence electrons. The summed E-state index contributed by atoms with van der Waals surface area (Å²) in [4.78, 5) is 25.5. The van der Waals surface area contributed by atoms with E-state index in [9.17, 15) is 14.0 Å². The molecule has 1 aliphatic carbocycles. The van der Waals surface area contributed by atoms with Gasteiger partial charge in [-0.05, 0) is 68.4 Å². The zero-order valence-corrected chi connectivity index (χ0v) is 16.5. The Labute approximate surface area is 163 Å². The predicted octanol–water partition coefficient (Wildman–Crippen LogP) is 5.15. The average molecular weight is 389 g/mol. The predicted molar refractivity (Wildman–Crippen MR) is 107 cm³/mol. The van der Waals surface area contributed by atoms with Crippen LogP contribution in [0.1, 0.15) is 64.6 Å². The molecule has 0 atom stereocenters. The van der Waals surface area contributed by atoms with Crippen molar-refractivity contribution in [1.82, 2.24) is 5.32 Å². The molecule has 0 bridgehead atoms. The number of benzene rings is 1. The largest absolute Gasteiger partial charge is 0.349 e. The Hall–Kier alpha value is -2.21. The monoisotopic (exact) mass is 388 g/mol. The number of hydrogen-bond donors (Lipinski definition) is 2. The number of halogens is 1. The van der Waals surface area contributed by atoms with E-state index >= 15 is 0 Å². The van der Waals surface area contributed by atoms with Gasteiger partial charge in [-0.3, -0.25) is 9.59 Å². The van der Waals surface area contributed by atoms with Crippen molar-refractivity contribution < 1.29 is 14.0 Å². The second-order valence-electron chi connectivity index (χ2n) is 7.19. The number of carbonyl (C=O) groups is 2. The van der Waals surface area contributed by atoms with Gasteiger partial charge in [0.1, 0.15) is 5.82 Å². The van der Waals surface area contributed by atoms with E-state index in [-0.39, 0.29) is 23.4 Å². The number of aryl methyl sites for hydroxylation is 1. The Morgan fingerprint density at radius 1 is 1.15 bits per heavy atom. The molecule has 3 rings (SSSR count). The maximum absolute atomic E-state index is 13.3.